The Balaban J connectivity index is 1.44. The predicted molar refractivity (Wildman–Crippen MR) is 137 cm³/mol. The van der Waals surface area contributed by atoms with Crippen LogP contribution in [0.4, 0.5) is 4.39 Å². The van der Waals surface area contributed by atoms with Gasteiger partial charge in [-0.3, -0.25) is 0 Å². The average molecular weight is 488 g/mol. The second-order valence-corrected chi connectivity index (χ2v) is 11.0. The Hall–Kier alpha value is -1.44. The minimum atomic E-state index is -0.183. The second-order valence-electron chi connectivity index (χ2n) is 9.57. The van der Waals surface area contributed by atoms with Gasteiger partial charge >= 0.3 is 0 Å². The molecule has 6 heteroatoms. The van der Waals surface area contributed by atoms with Crippen molar-refractivity contribution in [2.24, 2.45) is 0 Å². The van der Waals surface area contributed by atoms with E-state index in [-0.39, 0.29) is 11.2 Å². The molecule has 0 spiro atoms. The van der Waals surface area contributed by atoms with Gasteiger partial charge in [0.15, 0.2) is 0 Å². The first-order valence-corrected chi connectivity index (χ1v) is 13.4. The van der Waals surface area contributed by atoms with Gasteiger partial charge in [0, 0.05) is 62.0 Å². The molecule has 2 aliphatic rings. The van der Waals surface area contributed by atoms with Crippen molar-refractivity contribution >= 4 is 11.8 Å². The molecule has 2 saturated heterocycles. The van der Waals surface area contributed by atoms with Gasteiger partial charge in [-0.05, 0) is 55.4 Å². The van der Waals surface area contributed by atoms with Crippen molar-refractivity contribution in [2.75, 3.05) is 46.7 Å². The van der Waals surface area contributed by atoms with Crippen LogP contribution in [0.3, 0.4) is 0 Å². The minimum Gasteiger partial charge on any atom is -0.385 e. The normalized spacial score (nSPS) is 24.7. The maximum atomic E-state index is 15.4. The molecule has 0 radical (unpaired) electrons. The van der Waals surface area contributed by atoms with Gasteiger partial charge in [0.2, 0.25) is 0 Å². The Morgan fingerprint density at radius 2 is 1.91 bits per heavy atom. The Labute approximate surface area is 207 Å². The van der Waals surface area contributed by atoms with Gasteiger partial charge in [0.25, 0.3) is 0 Å². The molecule has 0 saturated carbocycles. The fraction of sp³-hybridized carbons (Fsp3) is 0.571. The van der Waals surface area contributed by atoms with Crippen molar-refractivity contribution in [1.29, 1.82) is 0 Å². The average Bonchev–Trinajstić information content (AvgIpc) is 2.87. The number of methoxy groups -OCH3 is 1. The number of hydrogen-bond acceptors (Lipinski definition) is 5. The SMILES string of the molecule is COCCCOCC1(c2ccc(CC3S[C@H](c4ccccc4)CN[C@H]3C)c(F)c2)CCOCC1. The van der Waals surface area contributed by atoms with E-state index in [0.29, 0.717) is 49.6 Å². The maximum absolute atomic E-state index is 15.4. The zero-order valence-electron chi connectivity index (χ0n) is 20.4. The smallest absolute Gasteiger partial charge is 0.126 e. The number of thioether (sulfide) groups is 1. The lowest BCUT2D eigenvalue weighted by molar-refractivity contribution is -0.00317. The van der Waals surface area contributed by atoms with Crippen molar-refractivity contribution in [3.63, 3.8) is 0 Å². The number of halogens is 1. The lowest BCUT2D eigenvalue weighted by Gasteiger charge is -2.38. The first-order chi connectivity index (χ1) is 16.6. The number of benzene rings is 2. The highest BCUT2D eigenvalue weighted by atomic mass is 32.2. The molecular formula is C28H38FNO3S. The summed E-state index contributed by atoms with van der Waals surface area (Å²) < 4.78 is 32.2. The lowest BCUT2D eigenvalue weighted by atomic mass is 9.74. The molecule has 3 atom stereocenters. The first-order valence-electron chi connectivity index (χ1n) is 12.5. The van der Waals surface area contributed by atoms with E-state index >= 15 is 4.39 Å². The van der Waals surface area contributed by atoms with E-state index in [1.165, 1.54) is 5.56 Å². The Morgan fingerprint density at radius 1 is 1.12 bits per heavy atom. The van der Waals surface area contributed by atoms with Crippen LogP contribution in [0.5, 0.6) is 0 Å². The van der Waals surface area contributed by atoms with Gasteiger partial charge in [-0.2, -0.15) is 0 Å². The third-order valence-electron chi connectivity index (χ3n) is 7.25. The quantitative estimate of drug-likeness (QED) is 0.460. The monoisotopic (exact) mass is 487 g/mol. The summed E-state index contributed by atoms with van der Waals surface area (Å²) in [6.07, 6.45) is 3.30. The summed E-state index contributed by atoms with van der Waals surface area (Å²) in [5, 5.41) is 4.36. The molecule has 2 fully saturated rings. The van der Waals surface area contributed by atoms with Gasteiger partial charge in [0.05, 0.1) is 6.61 Å². The van der Waals surface area contributed by atoms with Crippen LogP contribution in [0, 0.1) is 5.82 Å². The summed E-state index contributed by atoms with van der Waals surface area (Å²) in [4.78, 5) is 0. The van der Waals surface area contributed by atoms with Crippen LogP contribution in [-0.4, -0.2) is 58.0 Å². The highest BCUT2D eigenvalue weighted by molar-refractivity contribution is 8.00. The second kappa shape index (κ2) is 12.5. The largest absolute Gasteiger partial charge is 0.385 e. The molecular weight excluding hydrogens is 449 g/mol. The van der Waals surface area contributed by atoms with E-state index in [1.54, 1.807) is 13.2 Å². The Bertz CT molecular complexity index is 890. The van der Waals surface area contributed by atoms with Crippen molar-refractivity contribution < 1.29 is 18.6 Å². The summed E-state index contributed by atoms with van der Waals surface area (Å²) in [5.74, 6) is -0.0996. The molecule has 0 aliphatic carbocycles. The van der Waals surface area contributed by atoms with E-state index in [4.69, 9.17) is 14.2 Å². The molecule has 2 aromatic carbocycles. The molecule has 0 amide bonds. The van der Waals surface area contributed by atoms with E-state index in [2.05, 4.69) is 48.6 Å². The van der Waals surface area contributed by atoms with Crippen LogP contribution >= 0.6 is 11.8 Å². The van der Waals surface area contributed by atoms with E-state index < -0.39 is 0 Å². The molecule has 4 nitrogen and oxygen atoms in total. The minimum absolute atomic E-state index is 0.0996. The van der Waals surface area contributed by atoms with Crippen LogP contribution in [-0.2, 0) is 26.0 Å². The number of rotatable bonds is 10. The van der Waals surface area contributed by atoms with Crippen LogP contribution in [0.25, 0.3) is 0 Å². The molecule has 2 heterocycles. The van der Waals surface area contributed by atoms with Crippen molar-refractivity contribution in [3.05, 3.63) is 71.0 Å². The van der Waals surface area contributed by atoms with Gasteiger partial charge < -0.3 is 19.5 Å². The van der Waals surface area contributed by atoms with Crippen LogP contribution in [0.15, 0.2) is 48.5 Å². The lowest BCUT2D eigenvalue weighted by Crippen LogP contribution is -2.44. The maximum Gasteiger partial charge on any atom is 0.126 e. The summed E-state index contributed by atoms with van der Waals surface area (Å²) in [6, 6.07) is 16.8. The molecule has 4 rings (SSSR count). The number of hydrogen-bond donors (Lipinski definition) is 1. The fourth-order valence-electron chi connectivity index (χ4n) is 5.00. The van der Waals surface area contributed by atoms with Crippen LogP contribution < -0.4 is 5.32 Å². The first kappa shape index (κ1) is 25.6. The fourth-order valence-corrected chi connectivity index (χ4v) is 6.54. The van der Waals surface area contributed by atoms with E-state index in [0.717, 1.165) is 43.4 Å². The van der Waals surface area contributed by atoms with Gasteiger partial charge in [-0.1, -0.05) is 42.5 Å². The summed E-state index contributed by atoms with van der Waals surface area (Å²) in [6.45, 7) is 6.48. The molecule has 1 N–H and O–H groups in total. The molecule has 0 bridgehead atoms. The Morgan fingerprint density at radius 3 is 2.65 bits per heavy atom. The molecule has 186 valence electrons. The summed E-state index contributed by atoms with van der Waals surface area (Å²) in [7, 11) is 1.70. The molecule has 0 aromatic heterocycles. The van der Waals surface area contributed by atoms with E-state index in [1.807, 2.05) is 17.8 Å². The van der Waals surface area contributed by atoms with Crippen molar-refractivity contribution in [3.8, 4) is 0 Å². The van der Waals surface area contributed by atoms with Crippen molar-refractivity contribution in [1.82, 2.24) is 5.32 Å². The van der Waals surface area contributed by atoms with Gasteiger partial charge in [0.1, 0.15) is 5.82 Å². The van der Waals surface area contributed by atoms with Gasteiger partial charge in [-0.25, -0.2) is 4.39 Å². The molecule has 2 aromatic rings. The van der Waals surface area contributed by atoms with Crippen LogP contribution in [0.2, 0.25) is 0 Å². The van der Waals surface area contributed by atoms with E-state index in [9.17, 15) is 0 Å². The highest BCUT2D eigenvalue weighted by Gasteiger charge is 2.36. The third-order valence-corrected chi connectivity index (χ3v) is 8.94. The number of nitrogens with one attached hydrogen (secondary N) is 1. The highest BCUT2D eigenvalue weighted by Crippen LogP contribution is 2.39. The zero-order chi connectivity index (χ0) is 23.8. The standard InChI is InChI=1S/C28H38FNO3S/c1-21-26(34-27(19-30-21)22-7-4-3-5-8-22)17-23-9-10-24(18-25(23)29)28(11-15-32-16-12-28)20-33-14-6-13-31-2/h3-5,7-10,18,21,26-27,30H,6,11-17,19-20H2,1-2H3/t21-,26?,27-/m0/s1. The Kier molecular flexibility index (Phi) is 9.43. The number of ether oxygens (including phenoxy) is 3. The third kappa shape index (κ3) is 6.41. The zero-order valence-corrected chi connectivity index (χ0v) is 21.2. The molecule has 34 heavy (non-hydrogen) atoms. The predicted octanol–water partition coefficient (Wildman–Crippen LogP) is 5.30. The summed E-state index contributed by atoms with van der Waals surface area (Å²) in [5.41, 5.74) is 2.98. The molecule has 2 aliphatic heterocycles. The summed E-state index contributed by atoms with van der Waals surface area (Å²) >= 11 is 1.97. The van der Waals surface area contributed by atoms with Crippen molar-refractivity contribution in [2.45, 2.75) is 54.6 Å². The van der Waals surface area contributed by atoms with Crippen LogP contribution in [0.1, 0.15) is 48.1 Å². The van der Waals surface area contributed by atoms with Gasteiger partial charge in [-0.15, -0.1) is 11.8 Å². The molecule has 1 unspecified atom stereocenters. The topological polar surface area (TPSA) is 39.7 Å².